The van der Waals surface area contributed by atoms with Gasteiger partial charge in [0, 0.05) is 0 Å². The van der Waals surface area contributed by atoms with E-state index in [9.17, 15) is 17.6 Å². The average Bonchev–Trinajstić information content (AvgIpc) is 2.06. The van der Waals surface area contributed by atoms with E-state index < -0.39 is 34.0 Å². The Morgan fingerprint density at radius 3 is 2.27 bits per heavy atom. The predicted octanol–water partition coefficient (Wildman–Crippen LogP) is 2.78. The minimum absolute atomic E-state index is 0.506. The Kier molecular flexibility index (Phi) is 2.90. The maximum atomic E-state index is 13.2. The van der Waals surface area contributed by atoms with Crippen LogP contribution in [0.1, 0.15) is 11.1 Å². The van der Waals surface area contributed by atoms with Gasteiger partial charge in [-0.15, -0.1) is 0 Å². The molecule has 0 aliphatic heterocycles. The molecule has 82 valence electrons. The Labute approximate surface area is 87.2 Å². The molecule has 1 aromatic rings. The Bertz CT molecular complexity index is 414. The van der Waals surface area contributed by atoms with Crippen molar-refractivity contribution >= 4 is 17.4 Å². The van der Waals surface area contributed by atoms with Crippen molar-refractivity contribution in [2.24, 2.45) is 5.73 Å². The van der Waals surface area contributed by atoms with E-state index in [1.807, 2.05) is 0 Å². The number of hydrogen-bond acceptors (Lipinski definition) is 1. The van der Waals surface area contributed by atoms with E-state index >= 15 is 0 Å². The molecule has 0 unspecified atom stereocenters. The van der Waals surface area contributed by atoms with Gasteiger partial charge in [0.05, 0.1) is 16.1 Å². The van der Waals surface area contributed by atoms with E-state index in [1.54, 1.807) is 0 Å². The molecular formula is C8H5ClF4N2. The fraction of sp³-hybridized carbons (Fsp3) is 0.125. The van der Waals surface area contributed by atoms with Gasteiger partial charge in [-0.1, -0.05) is 11.6 Å². The van der Waals surface area contributed by atoms with Gasteiger partial charge in [0.2, 0.25) is 0 Å². The van der Waals surface area contributed by atoms with Crippen molar-refractivity contribution < 1.29 is 17.6 Å². The highest BCUT2D eigenvalue weighted by molar-refractivity contribution is 6.31. The third kappa shape index (κ3) is 2.20. The third-order valence-corrected chi connectivity index (χ3v) is 1.96. The summed E-state index contributed by atoms with van der Waals surface area (Å²) in [6.07, 6.45) is -4.77. The summed E-state index contributed by atoms with van der Waals surface area (Å²) >= 11 is 5.29. The van der Waals surface area contributed by atoms with E-state index in [0.29, 0.717) is 6.07 Å². The first-order valence-corrected chi connectivity index (χ1v) is 4.02. The molecule has 1 aromatic carbocycles. The summed E-state index contributed by atoms with van der Waals surface area (Å²) in [4.78, 5) is 0. The van der Waals surface area contributed by atoms with Crippen LogP contribution in [0.5, 0.6) is 0 Å². The van der Waals surface area contributed by atoms with Gasteiger partial charge in [-0.25, -0.2) is 4.39 Å². The Balaban J connectivity index is 3.55. The van der Waals surface area contributed by atoms with Crippen molar-refractivity contribution in [3.05, 3.63) is 34.1 Å². The van der Waals surface area contributed by atoms with Gasteiger partial charge in [-0.2, -0.15) is 13.2 Å². The fourth-order valence-corrected chi connectivity index (χ4v) is 1.21. The van der Waals surface area contributed by atoms with Crippen molar-refractivity contribution in [2.45, 2.75) is 6.18 Å². The molecule has 0 aliphatic rings. The maximum absolute atomic E-state index is 13.2. The number of benzene rings is 1. The second-order valence-corrected chi connectivity index (χ2v) is 3.10. The van der Waals surface area contributed by atoms with Crippen molar-refractivity contribution in [1.29, 1.82) is 5.41 Å². The zero-order valence-corrected chi connectivity index (χ0v) is 7.88. The zero-order chi connectivity index (χ0) is 11.8. The standard InChI is InChI=1S/C8H5ClF4N2/c9-4-2-1-3(8(11,12)13)5(6(4)10)7(14)15/h1-2H,(H3,14,15). The molecule has 3 N–H and O–H groups in total. The van der Waals surface area contributed by atoms with Gasteiger partial charge in [-0.05, 0) is 12.1 Å². The molecule has 15 heavy (non-hydrogen) atoms. The van der Waals surface area contributed by atoms with Gasteiger partial charge >= 0.3 is 6.18 Å². The molecular weight excluding hydrogens is 236 g/mol. The lowest BCUT2D eigenvalue weighted by molar-refractivity contribution is -0.137. The number of rotatable bonds is 1. The monoisotopic (exact) mass is 240 g/mol. The number of hydrogen-bond donors (Lipinski definition) is 2. The van der Waals surface area contributed by atoms with Crippen LogP contribution in [0.3, 0.4) is 0 Å². The summed E-state index contributed by atoms with van der Waals surface area (Å²) in [7, 11) is 0. The molecule has 0 radical (unpaired) electrons. The molecule has 0 aromatic heterocycles. The highest BCUT2D eigenvalue weighted by atomic mass is 35.5. The van der Waals surface area contributed by atoms with Crippen LogP contribution in [-0.4, -0.2) is 5.84 Å². The second kappa shape index (κ2) is 3.69. The smallest absolute Gasteiger partial charge is 0.384 e. The molecule has 0 saturated carbocycles. The lowest BCUT2D eigenvalue weighted by atomic mass is 10.1. The van der Waals surface area contributed by atoms with Crippen molar-refractivity contribution in [2.75, 3.05) is 0 Å². The Morgan fingerprint density at radius 2 is 1.87 bits per heavy atom. The van der Waals surface area contributed by atoms with Crippen LogP contribution in [0.2, 0.25) is 5.02 Å². The highest BCUT2D eigenvalue weighted by Crippen LogP contribution is 2.34. The predicted molar refractivity (Wildman–Crippen MR) is 47.4 cm³/mol. The summed E-state index contributed by atoms with van der Waals surface area (Å²) in [5.41, 5.74) is 2.54. The Hall–Kier alpha value is -1.30. The first-order chi connectivity index (χ1) is 6.75. The van der Waals surface area contributed by atoms with Crippen LogP contribution >= 0.6 is 11.6 Å². The molecule has 0 amide bonds. The number of amidine groups is 1. The minimum atomic E-state index is -4.77. The number of nitrogens with one attached hydrogen (secondary N) is 1. The normalized spacial score (nSPS) is 11.5. The van der Waals surface area contributed by atoms with E-state index in [1.165, 1.54) is 0 Å². The fourth-order valence-electron chi connectivity index (χ4n) is 1.05. The van der Waals surface area contributed by atoms with Crippen LogP contribution in [0, 0.1) is 11.2 Å². The molecule has 0 aliphatic carbocycles. The minimum Gasteiger partial charge on any atom is -0.384 e. The van der Waals surface area contributed by atoms with E-state index in [4.69, 9.17) is 22.7 Å². The molecule has 0 fully saturated rings. The number of halogens is 5. The van der Waals surface area contributed by atoms with Crippen LogP contribution in [0.15, 0.2) is 12.1 Å². The molecule has 0 saturated heterocycles. The molecule has 0 bridgehead atoms. The van der Waals surface area contributed by atoms with Gasteiger partial charge in [0.1, 0.15) is 5.84 Å². The molecule has 0 atom stereocenters. The van der Waals surface area contributed by atoms with Crippen molar-refractivity contribution in [3.63, 3.8) is 0 Å². The average molecular weight is 241 g/mol. The number of nitrogens with two attached hydrogens (primary N) is 1. The van der Waals surface area contributed by atoms with E-state index in [-0.39, 0.29) is 0 Å². The largest absolute Gasteiger partial charge is 0.417 e. The van der Waals surface area contributed by atoms with Crippen LogP contribution in [-0.2, 0) is 6.18 Å². The second-order valence-electron chi connectivity index (χ2n) is 2.70. The van der Waals surface area contributed by atoms with E-state index in [2.05, 4.69) is 0 Å². The van der Waals surface area contributed by atoms with Crippen LogP contribution in [0.4, 0.5) is 17.6 Å². The maximum Gasteiger partial charge on any atom is 0.417 e. The van der Waals surface area contributed by atoms with Crippen molar-refractivity contribution in [3.8, 4) is 0 Å². The SMILES string of the molecule is N=C(N)c1c(C(F)(F)F)ccc(Cl)c1F. The first-order valence-electron chi connectivity index (χ1n) is 3.64. The molecule has 0 spiro atoms. The molecule has 2 nitrogen and oxygen atoms in total. The van der Waals surface area contributed by atoms with Gasteiger partial charge in [0.15, 0.2) is 5.82 Å². The quantitative estimate of drug-likeness (QED) is 0.443. The van der Waals surface area contributed by atoms with Gasteiger partial charge in [-0.3, -0.25) is 5.41 Å². The first kappa shape index (κ1) is 11.8. The lowest BCUT2D eigenvalue weighted by Crippen LogP contribution is -2.20. The zero-order valence-electron chi connectivity index (χ0n) is 7.12. The summed E-state index contributed by atoms with van der Waals surface area (Å²) < 4.78 is 50.3. The molecule has 7 heteroatoms. The summed E-state index contributed by atoms with van der Waals surface area (Å²) in [6, 6.07) is 1.36. The highest BCUT2D eigenvalue weighted by Gasteiger charge is 2.36. The lowest BCUT2D eigenvalue weighted by Gasteiger charge is -2.12. The van der Waals surface area contributed by atoms with Crippen molar-refractivity contribution in [1.82, 2.24) is 0 Å². The van der Waals surface area contributed by atoms with Gasteiger partial charge < -0.3 is 5.73 Å². The summed E-state index contributed by atoms with van der Waals surface area (Å²) in [6.45, 7) is 0. The Morgan fingerprint density at radius 1 is 1.33 bits per heavy atom. The van der Waals surface area contributed by atoms with E-state index in [0.717, 1.165) is 6.07 Å². The van der Waals surface area contributed by atoms with Crippen LogP contribution < -0.4 is 5.73 Å². The summed E-state index contributed by atoms with van der Waals surface area (Å²) in [5, 5.41) is 6.37. The van der Waals surface area contributed by atoms with Gasteiger partial charge in [0.25, 0.3) is 0 Å². The topological polar surface area (TPSA) is 49.9 Å². The third-order valence-electron chi connectivity index (χ3n) is 1.67. The molecule has 0 heterocycles. The summed E-state index contributed by atoms with van der Waals surface area (Å²) in [5.74, 6) is -2.35. The number of alkyl halides is 3. The number of nitrogen functional groups attached to an aromatic ring is 1. The van der Waals surface area contributed by atoms with Crippen LogP contribution in [0.25, 0.3) is 0 Å². The molecule has 1 rings (SSSR count).